The molecule has 2 aliphatic rings. The number of fused-ring (bicyclic) bond motifs is 1. The van der Waals surface area contributed by atoms with E-state index in [1.807, 2.05) is 0 Å². The molecule has 31 heavy (non-hydrogen) atoms. The van der Waals surface area contributed by atoms with Crippen LogP contribution in [0.15, 0.2) is 21.3 Å². The van der Waals surface area contributed by atoms with Gasteiger partial charge in [0.25, 0.3) is 5.56 Å². The monoisotopic (exact) mass is 454 g/mol. The van der Waals surface area contributed by atoms with Gasteiger partial charge in [-0.05, 0) is 6.92 Å². The maximum Gasteiger partial charge on any atom is 0.303 e. The average Bonchev–Trinajstić information content (AvgIpc) is 3.07. The summed E-state index contributed by atoms with van der Waals surface area (Å²) in [5.41, 5.74) is 3.69. The van der Waals surface area contributed by atoms with Gasteiger partial charge in [0, 0.05) is 20.8 Å². The lowest BCUT2D eigenvalue weighted by molar-refractivity contribution is -0.183. The van der Waals surface area contributed by atoms with Crippen LogP contribution in [0.3, 0.4) is 0 Å². The number of thioether (sulfide) groups is 1. The van der Waals surface area contributed by atoms with Crippen LogP contribution in [-0.4, -0.2) is 58.5 Å². The Labute approximate surface area is 181 Å². The fourth-order valence-corrected chi connectivity index (χ4v) is 4.40. The van der Waals surface area contributed by atoms with Crippen molar-refractivity contribution in [2.24, 2.45) is 0 Å². The molecule has 0 radical (unpaired) electrons. The molecule has 1 fully saturated rings. The maximum absolute atomic E-state index is 12.3. The summed E-state index contributed by atoms with van der Waals surface area (Å²) in [6, 6.07) is 0. The Morgan fingerprint density at radius 1 is 1.29 bits per heavy atom. The van der Waals surface area contributed by atoms with Crippen molar-refractivity contribution >= 4 is 41.4 Å². The lowest BCUT2D eigenvalue weighted by Gasteiger charge is -2.35. The number of esters is 3. The number of carbonyl (C=O) groups excluding carboxylic acids is 3. The average molecular weight is 454 g/mol. The van der Waals surface area contributed by atoms with E-state index in [1.54, 1.807) is 0 Å². The number of aromatic nitrogens is 2. The molecule has 2 aliphatic heterocycles. The molecule has 0 unspecified atom stereocenters. The number of anilines is 2. The number of carbonyl (C=O) groups is 3. The van der Waals surface area contributed by atoms with Crippen molar-refractivity contribution in [1.82, 2.24) is 9.97 Å². The molecule has 3 heterocycles. The van der Waals surface area contributed by atoms with Crippen LogP contribution < -0.4 is 16.2 Å². The van der Waals surface area contributed by atoms with Crippen LogP contribution in [-0.2, 0) is 33.3 Å². The van der Waals surface area contributed by atoms with E-state index < -0.39 is 47.5 Å². The molecule has 168 valence electrons. The van der Waals surface area contributed by atoms with E-state index in [-0.39, 0.29) is 23.3 Å². The summed E-state index contributed by atoms with van der Waals surface area (Å²) in [6.45, 7) is 8.74. The zero-order valence-electron chi connectivity index (χ0n) is 17.3. The number of nitrogens with one attached hydrogen (secondary N) is 1. The third-order valence-electron chi connectivity index (χ3n) is 4.71. The number of rotatable bonds is 5. The predicted octanol–water partition coefficient (Wildman–Crippen LogP) is 0.277. The normalized spacial score (nSPS) is 27.0. The molecule has 1 aromatic rings. The molecule has 1 saturated heterocycles. The summed E-state index contributed by atoms with van der Waals surface area (Å²) < 4.78 is 22.1. The van der Waals surface area contributed by atoms with Gasteiger partial charge in [-0.15, -0.1) is 0 Å². The first-order valence-corrected chi connectivity index (χ1v) is 9.97. The quantitative estimate of drug-likeness (QED) is 0.462. The van der Waals surface area contributed by atoms with Gasteiger partial charge in [-0.3, -0.25) is 29.1 Å². The van der Waals surface area contributed by atoms with Crippen LogP contribution in [0, 0.1) is 0 Å². The molecule has 0 aliphatic carbocycles. The SMILES string of the molecule is C=C1Sc2c(nc(N)[nH]c2=O)N1[C@@H]1O[C@H](COC(C)=O)[C@](C)(OC(C)=O)[C@H]1OC(C)=O. The van der Waals surface area contributed by atoms with Crippen molar-refractivity contribution in [3.8, 4) is 0 Å². The van der Waals surface area contributed by atoms with Crippen LogP contribution in [0.1, 0.15) is 27.7 Å². The lowest BCUT2D eigenvalue weighted by Crippen LogP contribution is -2.54. The van der Waals surface area contributed by atoms with Gasteiger partial charge >= 0.3 is 17.9 Å². The number of ether oxygens (including phenoxy) is 4. The van der Waals surface area contributed by atoms with E-state index in [1.165, 1.54) is 32.6 Å². The molecule has 0 aromatic carbocycles. The van der Waals surface area contributed by atoms with Gasteiger partial charge in [0.05, 0.1) is 5.03 Å². The molecule has 0 spiro atoms. The first kappa shape index (κ1) is 22.6. The second kappa shape index (κ2) is 8.23. The van der Waals surface area contributed by atoms with Gasteiger partial charge in [0.2, 0.25) is 5.95 Å². The van der Waals surface area contributed by atoms with Crippen LogP contribution in [0.25, 0.3) is 0 Å². The zero-order valence-corrected chi connectivity index (χ0v) is 18.1. The highest BCUT2D eigenvalue weighted by Crippen LogP contribution is 2.48. The standard InChI is InChI=1S/C18H22N4O8S/c1-7-22(14-12(31-7)15(26)21-17(19)20-14)16-13(28-9(3)24)18(5,30-10(4)25)11(29-16)6-27-8(2)23/h11,13,16H,1,6H2,2-5H3,(H3,19,20,21,26)/t11-,13+,16-,18+/m1/s1. The minimum atomic E-state index is -1.53. The Kier molecular flexibility index (Phi) is 6.00. The fraction of sp³-hybridized carbons (Fsp3) is 0.500. The number of hydrogen-bond donors (Lipinski definition) is 2. The van der Waals surface area contributed by atoms with Crippen molar-refractivity contribution in [3.63, 3.8) is 0 Å². The van der Waals surface area contributed by atoms with Crippen LogP contribution in [0.2, 0.25) is 0 Å². The van der Waals surface area contributed by atoms with Crippen LogP contribution in [0.4, 0.5) is 11.8 Å². The lowest BCUT2D eigenvalue weighted by atomic mass is 9.93. The Balaban J connectivity index is 2.09. The minimum absolute atomic E-state index is 0.134. The number of nitrogen functional groups attached to an aromatic ring is 1. The van der Waals surface area contributed by atoms with Gasteiger partial charge in [-0.2, -0.15) is 4.98 Å². The summed E-state index contributed by atoms with van der Waals surface area (Å²) in [4.78, 5) is 55.6. The van der Waals surface area contributed by atoms with Crippen molar-refractivity contribution in [1.29, 1.82) is 0 Å². The first-order valence-electron chi connectivity index (χ1n) is 9.15. The van der Waals surface area contributed by atoms with E-state index >= 15 is 0 Å². The summed E-state index contributed by atoms with van der Waals surface area (Å²) in [6.07, 6.45) is -3.29. The van der Waals surface area contributed by atoms with Crippen molar-refractivity contribution < 1.29 is 33.3 Å². The summed E-state index contributed by atoms with van der Waals surface area (Å²) in [5.74, 6) is -1.89. The van der Waals surface area contributed by atoms with Crippen molar-refractivity contribution in [2.45, 2.75) is 56.6 Å². The summed E-state index contributed by atoms with van der Waals surface area (Å²) >= 11 is 1.03. The van der Waals surface area contributed by atoms with Gasteiger partial charge in [-0.1, -0.05) is 18.3 Å². The van der Waals surface area contributed by atoms with E-state index in [2.05, 4.69) is 16.5 Å². The number of aromatic amines is 1. The van der Waals surface area contributed by atoms with Crippen LogP contribution in [0.5, 0.6) is 0 Å². The smallest absolute Gasteiger partial charge is 0.303 e. The fourth-order valence-electron chi connectivity index (χ4n) is 3.49. The van der Waals surface area contributed by atoms with Gasteiger partial charge < -0.3 is 24.7 Å². The number of H-pyrrole nitrogens is 1. The number of hydrogen-bond acceptors (Lipinski definition) is 12. The minimum Gasteiger partial charge on any atom is -0.463 e. The van der Waals surface area contributed by atoms with Gasteiger partial charge in [-0.25, -0.2) is 0 Å². The highest BCUT2D eigenvalue weighted by Gasteiger charge is 2.62. The highest BCUT2D eigenvalue weighted by atomic mass is 32.2. The largest absolute Gasteiger partial charge is 0.463 e. The van der Waals surface area contributed by atoms with E-state index in [0.717, 1.165) is 11.8 Å². The molecule has 4 atom stereocenters. The second-order valence-corrected chi connectivity index (χ2v) is 8.18. The van der Waals surface area contributed by atoms with Crippen molar-refractivity contribution in [2.75, 3.05) is 17.2 Å². The van der Waals surface area contributed by atoms with Crippen molar-refractivity contribution in [3.05, 3.63) is 22.0 Å². The third kappa shape index (κ3) is 4.23. The molecule has 1 aromatic heterocycles. The Morgan fingerprint density at radius 2 is 1.97 bits per heavy atom. The van der Waals surface area contributed by atoms with Gasteiger partial charge in [0.1, 0.15) is 17.6 Å². The molecule has 0 bridgehead atoms. The Hall–Kier alpha value is -3.06. The second-order valence-electron chi connectivity index (χ2n) is 7.10. The Morgan fingerprint density at radius 3 is 2.55 bits per heavy atom. The van der Waals surface area contributed by atoms with E-state index in [9.17, 15) is 19.2 Å². The van der Waals surface area contributed by atoms with Crippen LogP contribution >= 0.6 is 11.8 Å². The topological polar surface area (TPSA) is 163 Å². The van der Waals surface area contributed by atoms with E-state index in [4.69, 9.17) is 24.7 Å². The summed E-state index contributed by atoms with van der Waals surface area (Å²) in [7, 11) is 0. The molecule has 13 heteroatoms. The molecule has 3 rings (SSSR count). The zero-order chi connectivity index (χ0) is 23.1. The summed E-state index contributed by atoms with van der Waals surface area (Å²) in [5, 5.41) is 0.346. The molecule has 0 saturated carbocycles. The van der Waals surface area contributed by atoms with E-state index in [0.29, 0.717) is 5.03 Å². The van der Waals surface area contributed by atoms with Gasteiger partial charge in [0.15, 0.2) is 23.8 Å². The molecule has 12 nitrogen and oxygen atoms in total. The number of nitrogens with zero attached hydrogens (tertiary/aromatic N) is 2. The highest BCUT2D eigenvalue weighted by molar-refractivity contribution is 8.03. The number of nitrogens with two attached hydrogens (primary N) is 1. The Bertz CT molecular complexity index is 1010. The predicted molar refractivity (Wildman–Crippen MR) is 108 cm³/mol. The third-order valence-corrected chi connectivity index (χ3v) is 5.71. The first-order chi connectivity index (χ1) is 14.4. The molecule has 3 N–H and O–H groups in total. The molecule has 0 amide bonds. The molecular weight excluding hydrogens is 432 g/mol. The maximum atomic E-state index is 12.3. The molecular formula is C18H22N4O8S.